The van der Waals surface area contributed by atoms with Gasteiger partial charge in [0.05, 0.1) is 10.7 Å². The quantitative estimate of drug-likeness (QED) is 0.734. The number of hydrogen-bond donors (Lipinski definition) is 2. The van der Waals surface area contributed by atoms with Gasteiger partial charge in [-0.1, -0.05) is 13.8 Å². The highest BCUT2D eigenvalue weighted by Gasteiger charge is 2.23. The van der Waals surface area contributed by atoms with E-state index in [0.717, 1.165) is 21.3 Å². The summed E-state index contributed by atoms with van der Waals surface area (Å²) in [4.78, 5) is 28.8. The molecule has 0 aliphatic rings. The van der Waals surface area contributed by atoms with Gasteiger partial charge in [0, 0.05) is 21.6 Å². The minimum atomic E-state index is -1.02. The summed E-state index contributed by atoms with van der Waals surface area (Å²) in [6.07, 6.45) is 0. The van der Waals surface area contributed by atoms with Crippen LogP contribution in [0.4, 0.5) is 0 Å². The molecule has 0 bridgehead atoms. The number of carboxylic acid groups (broad SMARTS) is 1. The number of nitrogens with zero attached hydrogens (tertiary/aromatic N) is 1. The van der Waals surface area contributed by atoms with Crippen molar-refractivity contribution in [2.45, 2.75) is 37.5 Å². The average Bonchev–Trinajstić information content (AvgIpc) is 2.95. The molecule has 0 aliphatic heterocycles. The molecular weight excluding hydrogens is 344 g/mol. The van der Waals surface area contributed by atoms with Crippen LogP contribution >= 0.6 is 23.1 Å². The summed E-state index contributed by atoms with van der Waals surface area (Å²) in [5.41, 5.74) is 1.50. The minimum Gasteiger partial charge on any atom is -0.480 e. The van der Waals surface area contributed by atoms with Gasteiger partial charge in [-0.2, -0.15) is 0 Å². The minimum absolute atomic E-state index is 0.178. The fourth-order valence-corrected chi connectivity index (χ4v) is 3.58. The first kappa shape index (κ1) is 18.5. The van der Waals surface area contributed by atoms with Crippen molar-refractivity contribution in [2.24, 2.45) is 5.92 Å². The number of nitrogens with one attached hydrogen (secondary N) is 1. The Balaban J connectivity index is 1.95. The van der Waals surface area contributed by atoms with Gasteiger partial charge < -0.3 is 10.4 Å². The van der Waals surface area contributed by atoms with Gasteiger partial charge >= 0.3 is 5.97 Å². The number of thiazole rings is 1. The summed E-state index contributed by atoms with van der Waals surface area (Å²) in [5.74, 6) is -0.792. The van der Waals surface area contributed by atoms with Crippen LogP contribution in [-0.2, 0) is 10.5 Å². The highest BCUT2D eigenvalue weighted by atomic mass is 32.2. The number of hydrogen-bond acceptors (Lipinski definition) is 5. The molecule has 2 aromatic rings. The third-order valence-electron chi connectivity index (χ3n) is 3.39. The van der Waals surface area contributed by atoms with Gasteiger partial charge in [-0.05, 0) is 37.1 Å². The van der Waals surface area contributed by atoms with Gasteiger partial charge in [0.15, 0.2) is 0 Å². The first-order valence-corrected chi connectivity index (χ1v) is 9.41. The van der Waals surface area contributed by atoms with E-state index >= 15 is 0 Å². The SMILES string of the molecule is Cc1nc(CSc2ccc(C(=O)N[C@H](C(=O)O)C(C)C)cc2)cs1. The van der Waals surface area contributed by atoms with Crippen molar-refractivity contribution in [3.05, 3.63) is 45.9 Å². The lowest BCUT2D eigenvalue weighted by atomic mass is 10.0. The molecular formula is C17H20N2O3S2. The number of aliphatic carboxylic acids is 1. The summed E-state index contributed by atoms with van der Waals surface area (Å²) < 4.78 is 0. The number of aryl methyl sites for hydroxylation is 1. The summed E-state index contributed by atoms with van der Waals surface area (Å²) in [7, 11) is 0. The van der Waals surface area contributed by atoms with Gasteiger partial charge in [-0.25, -0.2) is 9.78 Å². The molecule has 0 saturated carbocycles. The van der Waals surface area contributed by atoms with Crippen molar-refractivity contribution in [2.75, 3.05) is 0 Å². The molecule has 0 spiro atoms. The fourth-order valence-electron chi connectivity index (χ4n) is 2.07. The standard InChI is InChI=1S/C17H20N2O3S2/c1-10(2)15(17(21)22)19-16(20)12-4-6-14(7-5-12)24-9-13-8-23-11(3)18-13/h4-8,10,15H,9H2,1-3H3,(H,19,20)(H,21,22)/t15-/m0/s1. The summed E-state index contributed by atoms with van der Waals surface area (Å²) in [5, 5.41) is 14.8. The number of benzene rings is 1. The predicted molar refractivity (Wildman–Crippen MR) is 96.6 cm³/mol. The van der Waals surface area contributed by atoms with Crippen molar-refractivity contribution in [3.8, 4) is 0 Å². The first-order chi connectivity index (χ1) is 11.4. The lowest BCUT2D eigenvalue weighted by Crippen LogP contribution is -2.44. The van der Waals surface area contributed by atoms with Crippen LogP contribution in [0.1, 0.15) is 34.9 Å². The normalized spacial score (nSPS) is 12.2. The van der Waals surface area contributed by atoms with Crippen molar-refractivity contribution in [1.82, 2.24) is 10.3 Å². The average molecular weight is 364 g/mol. The monoisotopic (exact) mass is 364 g/mol. The Morgan fingerprint density at radius 3 is 2.46 bits per heavy atom. The Bertz CT molecular complexity index is 711. The molecule has 1 aromatic carbocycles. The maximum absolute atomic E-state index is 12.2. The fraction of sp³-hybridized carbons (Fsp3) is 0.353. The lowest BCUT2D eigenvalue weighted by Gasteiger charge is -2.17. The molecule has 1 aromatic heterocycles. The second-order valence-electron chi connectivity index (χ2n) is 5.70. The van der Waals surface area contributed by atoms with Crippen LogP contribution in [0.3, 0.4) is 0 Å². The topological polar surface area (TPSA) is 79.3 Å². The Morgan fingerprint density at radius 2 is 1.96 bits per heavy atom. The van der Waals surface area contributed by atoms with E-state index in [9.17, 15) is 9.59 Å². The predicted octanol–water partition coefficient (Wildman–Crippen LogP) is 3.58. The van der Waals surface area contributed by atoms with Gasteiger partial charge in [-0.3, -0.25) is 4.79 Å². The molecule has 1 atom stereocenters. The van der Waals surface area contributed by atoms with Crippen LogP contribution in [-0.4, -0.2) is 28.0 Å². The summed E-state index contributed by atoms with van der Waals surface area (Å²) in [6.45, 7) is 5.51. The number of carbonyl (C=O) groups excluding carboxylic acids is 1. The molecule has 0 fully saturated rings. The lowest BCUT2D eigenvalue weighted by molar-refractivity contribution is -0.140. The van der Waals surface area contributed by atoms with Crippen LogP contribution in [0, 0.1) is 12.8 Å². The van der Waals surface area contributed by atoms with Crippen molar-refractivity contribution in [1.29, 1.82) is 0 Å². The highest BCUT2D eigenvalue weighted by Crippen LogP contribution is 2.24. The Morgan fingerprint density at radius 1 is 1.29 bits per heavy atom. The van der Waals surface area contributed by atoms with Gasteiger partial charge in [0.1, 0.15) is 6.04 Å². The molecule has 2 rings (SSSR count). The second-order valence-corrected chi connectivity index (χ2v) is 7.82. The molecule has 2 N–H and O–H groups in total. The van der Waals surface area contributed by atoms with Crippen LogP contribution in [0.2, 0.25) is 0 Å². The molecule has 0 radical (unpaired) electrons. The number of amides is 1. The summed E-state index contributed by atoms with van der Waals surface area (Å²) >= 11 is 3.28. The molecule has 0 saturated heterocycles. The Labute approximate surface area is 149 Å². The molecule has 128 valence electrons. The van der Waals surface area contributed by atoms with Crippen LogP contribution < -0.4 is 5.32 Å². The van der Waals surface area contributed by atoms with E-state index in [4.69, 9.17) is 5.11 Å². The number of carboxylic acids is 1. The van der Waals surface area contributed by atoms with E-state index in [1.54, 1.807) is 49.1 Å². The van der Waals surface area contributed by atoms with E-state index in [1.807, 2.05) is 24.4 Å². The van der Waals surface area contributed by atoms with Gasteiger partial charge in [0.2, 0.25) is 0 Å². The molecule has 1 heterocycles. The maximum Gasteiger partial charge on any atom is 0.326 e. The molecule has 7 heteroatoms. The third kappa shape index (κ3) is 5.07. The van der Waals surface area contributed by atoms with E-state index in [1.165, 1.54) is 0 Å². The van der Waals surface area contributed by atoms with Crippen LogP contribution in [0.15, 0.2) is 34.5 Å². The third-order valence-corrected chi connectivity index (χ3v) is 5.26. The Kier molecular flexibility index (Phi) is 6.39. The zero-order valence-electron chi connectivity index (χ0n) is 13.8. The Hall–Kier alpha value is -1.86. The van der Waals surface area contributed by atoms with Gasteiger partial charge in [0.25, 0.3) is 5.91 Å². The zero-order valence-corrected chi connectivity index (χ0v) is 15.4. The van der Waals surface area contributed by atoms with E-state index in [-0.39, 0.29) is 11.8 Å². The molecule has 24 heavy (non-hydrogen) atoms. The number of aromatic nitrogens is 1. The maximum atomic E-state index is 12.2. The van der Waals surface area contributed by atoms with E-state index < -0.39 is 12.0 Å². The number of thioether (sulfide) groups is 1. The zero-order chi connectivity index (χ0) is 17.7. The molecule has 0 aliphatic carbocycles. The van der Waals surface area contributed by atoms with Crippen molar-refractivity contribution >= 4 is 35.0 Å². The molecule has 1 amide bonds. The van der Waals surface area contributed by atoms with E-state index in [0.29, 0.717) is 5.56 Å². The largest absolute Gasteiger partial charge is 0.480 e. The first-order valence-electron chi connectivity index (χ1n) is 7.54. The smallest absolute Gasteiger partial charge is 0.326 e. The molecule has 5 nitrogen and oxygen atoms in total. The highest BCUT2D eigenvalue weighted by molar-refractivity contribution is 7.98. The van der Waals surface area contributed by atoms with Crippen LogP contribution in [0.25, 0.3) is 0 Å². The molecule has 0 unspecified atom stereocenters. The van der Waals surface area contributed by atoms with Crippen molar-refractivity contribution < 1.29 is 14.7 Å². The van der Waals surface area contributed by atoms with Crippen LogP contribution in [0.5, 0.6) is 0 Å². The summed E-state index contributed by atoms with van der Waals surface area (Å²) in [6, 6.07) is 6.26. The number of rotatable bonds is 7. The van der Waals surface area contributed by atoms with Gasteiger partial charge in [-0.15, -0.1) is 23.1 Å². The second kappa shape index (κ2) is 8.30. The van der Waals surface area contributed by atoms with Crippen molar-refractivity contribution in [3.63, 3.8) is 0 Å². The number of carbonyl (C=O) groups is 2. The van der Waals surface area contributed by atoms with E-state index in [2.05, 4.69) is 10.3 Å².